The van der Waals surface area contributed by atoms with Crippen LogP contribution in [-0.4, -0.2) is 58.3 Å². The normalized spacial score (nSPS) is 25.9. The number of amides is 1. The van der Waals surface area contributed by atoms with Crippen molar-refractivity contribution in [2.45, 2.75) is 37.5 Å². The van der Waals surface area contributed by atoms with E-state index in [4.69, 9.17) is 16.6 Å². The van der Waals surface area contributed by atoms with Crippen LogP contribution in [0.4, 0.5) is 0 Å². The molecule has 0 radical (unpaired) electrons. The SMILES string of the molecule is NCCCC(N)C(=O)N1CC(O)CC1C(=O)O. The van der Waals surface area contributed by atoms with Gasteiger partial charge in [0.15, 0.2) is 0 Å². The van der Waals surface area contributed by atoms with Crippen LogP contribution in [0.15, 0.2) is 0 Å². The first-order valence-electron chi connectivity index (χ1n) is 5.64. The van der Waals surface area contributed by atoms with E-state index < -0.39 is 30.1 Å². The predicted molar refractivity (Wildman–Crippen MR) is 60.0 cm³/mol. The van der Waals surface area contributed by atoms with Gasteiger partial charge in [-0.05, 0) is 19.4 Å². The zero-order chi connectivity index (χ0) is 13.0. The Morgan fingerprint density at radius 1 is 1.47 bits per heavy atom. The lowest BCUT2D eigenvalue weighted by Gasteiger charge is -2.24. The molecule has 0 aliphatic carbocycles. The average Bonchev–Trinajstić information content (AvgIpc) is 2.67. The second-order valence-electron chi connectivity index (χ2n) is 4.27. The van der Waals surface area contributed by atoms with E-state index in [0.29, 0.717) is 19.4 Å². The van der Waals surface area contributed by atoms with Gasteiger partial charge < -0.3 is 26.6 Å². The van der Waals surface area contributed by atoms with Crippen molar-refractivity contribution in [3.05, 3.63) is 0 Å². The zero-order valence-corrected chi connectivity index (χ0v) is 9.58. The van der Waals surface area contributed by atoms with Gasteiger partial charge in [-0.2, -0.15) is 0 Å². The van der Waals surface area contributed by atoms with Crippen molar-refractivity contribution < 1.29 is 19.8 Å². The van der Waals surface area contributed by atoms with Gasteiger partial charge in [-0.15, -0.1) is 0 Å². The van der Waals surface area contributed by atoms with Crippen molar-refractivity contribution in [3.8, 4) is 0 Å². The maximum Gasteiger partial charge on any atom is 0.326 e. The lowest BCUT2D eigenvalue weighted by molar-refractivity contribution is -0.148. The Morgan fingerprint density at radius 2 is 2.12 bits per heavy atom. The van der Waals surface area contributed by atoms with E-state index in [2.05, 4.69) is 0 Å². The predicted octanol–water partition coefficient (Wildman–Crippen LogP) is -1.90. The molecule has 98 valence electrons. The van der Waals surface area contributed by atoms with E-state index >= 15 is 0 Å². The molecule has 7 heteroatoms. The molecular formula is C10H19N3O4. The van der Waals surface area contributed by atoms with Gasteiger partial charge >= 0.3 is 5.97 Å². The molecule has 7 nitrogen and oxygen atoms in total. The molecule has 1 aliphatic heterocycles. The third-order valence-electron chi connectivity index (χ3n) is 2.88. The standard InChI is InChI=1S/C10H19N3O4/c11-3-1-2-7(12)9(15)13-5-6(14)4-8(13)10(16)17/h6-8,14H,1-5,11-12H2,(H,16,17). The molecule has 17 heavy (non-hydrogen) atoms. The number of hydrogen-bond acceptors (Lipinski definition) is 5. The number of aliphatic hydroxyl groups excluding tert-OH is 1. The number of β-amino-alcohol motifs (C(OH)–C–C–N with tert-alkyl or cyclic N) is 1. The highest BCUT2D eigenvalue weighted by molar-refractivity contribution is 5.87. The van der Waals surface area contributed by atoms with E-state index in [-0.39, 0.29) is 13.0 Å². The summed E-state index contributed by atoms with van der Waals surface area (Å²) in [4.78, 5) is 24.0. The Labute approximate surface area is 99.4 Å². The minimum absolute atomic E-state index is 0.0339. The summed E-state index contributed by atoms with van der Waals surface area (Å²) in [5.41, 5.74) is 11.0. The smallest absolute Gasteiger partial charge is 0.326 e. The minimum atomic E-state index is -1.11. The summed E-state index contributed by atoms with van der Waals surface area (Å²) in [5.74, 6) is -1.54. The highest BCUT2D eigenvalue weighted by atomic mass is 16.4. The number of aliphatic hydroxyl groups is 1. The number of hydrogen-bond donors (Lipinski definition) is 4. The van der Waals surface area contributed by atoms with Gasteiger partial charge in [0, 0.05) is 13.0 Å². The number of nitrogens with zero attached hydrogens (tertiary/aromatic N) is 1. The van der Waals surface area contributed by atoms with Gasteiger partial charge in [0.05, 0.1) is 12.1 Å². The first kappa shape index (κ1) is 13.9. The van der Waals surface area contributed by atoms with Gasteiger partial charge in [-0.25, -0.2) is 4.79 Å². The van der Waals surface area contributed by atoms with Gasteiger partial charge in [0.25, 0.3) is 0 Å². The van der Waals surface area contributed by atoms with Crippen molar-refractivity contribution in [2.24, 2.45) is 11.5 Å². The van der Waals surface area contributed by atoms with Crippen LogP contribution in [0.1, 0.15) is 19.3 Å². The first-order valence-corrected chi connectivity index (χ1v) is 5.64. The molecule has 0 aromatic rings. The average molecular weight is 245 g/mol. The molecule has 1 amide bonds. The summed E-state index contributed by atoms with van der Waals surface area (Å²) in [6.45, 7) is 0.470. The molecule has 1 aliphatic rings. The Kier molecular flexibility index (Phi) is 4.86. The van der Waals surface area contributed by atoms with Gasteiger partial charge in [-0.3, -0.25) is 4.79 Å². The van der Waals surface area contributed by atoms with Crippen LogP contribution < -0.4 is 11.5 Å². The molecule has 0 aromatic heterocycles. The monoisotopic (exact) mass is 245 g/mol. The number of carboxylic acid groups (broad SMARTS) is 1. The van der Waals surface area contributed by atoms with Crippen LogP contribution in [0, 0.1) is 0 Å². The summed E-state index contributed by atoms with van der Waals surface area (Å²) < 4.78 is 0. The summed E-state index contributed by atoms with van der Waals surface area (Å²) in [6.07, 6.45) is 0.307. The summed E-state index contributed by atoms with van der Waals surface area (Å²) >= 11 is 0. The van der Waals surface area contributed by atoms with Gasteiger partial charge in [0.1, 0.15) is 6.04 Å². The fraction of sp³-hybridized carbons (Fsp3) is 0.800. The molecule has 3 atom stereocenters. The number of nitrogens with two attached hydrogens (primary N) is 2. The van der Waals surface area contributed by atoms with Crippen molar-refractivity contribution in [2.75, 3.05) is 13.1 Å². The topological polar surface area (TPSA) is 130 Å². The lowest BCUT2D eigenvalue weighted by Crippen LogP contribution is -2.48. The number of carboxylic acids is 1. The Hall–Kier alpha value is -1.18. The lowest BCUT2D eigenvalue weighted by atomic mass is 10.1. The van der Waals surface area contributed by atoms with Gasteiger partial charge in [0.2, 0.25) is 5.91 Å². The van der Waals surface area contributed by atoms with Crippen LogP contribution in [0.25, 0.3) is 0 Å². The molecule has 1 rings (SSSR count). The molecule has 3 unspecified atom stereocenters. The van der Waals surface area contributed by atoms with Crippen LogP contribution >= 0.6 is 0 Å². The van der Waals surface area contributed by atoms with Crippen LogP contribution in [0.3, 0.4) is 0 Å². The Morgan fingerprint density at radius 3 is 2.65 bits per heavy atom. The van der Waals surface area contributed by atoms with E-state index in [9.17, 15) is 14.7 Å². The number of aliphatic carboxylic acids is 1. The first-order chi connectivity index (χ1) is 7.97. The van der Waals surface area contributed by atoms with E-state index in [0.717, 1.165) is 4.90 Å². The second-order valence-corrected chi connectivity index (χ2v) is 4.27. The van der Waals surface area contributed by atoms with Crippen LogP contribution in [0.2, 0.25) is 0 Å². The number of rotatable bonds is 5. The van der Waals surface area contributed by atoms with Crippen LogP contribution in [-0.2, 0) is 9.59 Å². The fourth-order valence-electron chi connectivity index (χ4n) is 1.97. The Bertz CT molecular complexity index is 297. The molecule has 1 fully saturated rings. The third kappa shape index (κ3) is 3.39. The van der Waals surface area contributed by atoms with Crippen molar-refractivity contribution in [1.29, 1.82) is 0 Å². The maximum absolute atomic E-state index is 11.9. The fourth-order valence-corrected chi connectivity index (χ4v) is 1.97. The quantitative estimate of drug-likeness (QED) is 0.447. The third-order valence-corrected chi connectivity index (χ3v) is 2.88. The largest absolute Gasteiger partial charge is 0.480 e. The molecule has 6 N–H and O–H groups in total. The van der Waals surface area contributed by atoms with Crippen molar-refractivity contribution in [1.82, 2.24) is 4.90 Å². The van der Waals surface area contributed by atoms with Gasteiger partial charge in [-0.1, -0.05) is 0 Å². The summed E-state index contributed by atoms with van der Waals surface area (Å²) in [7, 11) is 0. The number of carbonyl (C=O) groups is 2. The number of carbonyl (C=O) groups excluding carboxylic acids is 1. The zero-order valence-electron chi connectivity index (χ0n) is 9.58. The number of likely N-dealkylation sites (tertiary alicyclic amines) is 1. The molecular weight excluding hydrogens is 226 g/mol. The summed E-state index contributed by atoms with van der Waals surface area (Å²) in [5, 5.41) is 18.3. The second kappa shape index (κ2) is 5.95. The van der Waals surface area contributed by atoms with Crippen molar-refractivity contribution in [3.63, 3.8) is 0 Å². The van der Waals surface area contributed by atoms with Crippen molar-refractivity contribution >= 4 is 11.9 Å². The molecule has 0 spiro atoms. The molecule has 1 heterocycles. The maximum atomic E-state index is 11.9. The molecule has 0 bridgehead atoms. The Balaban J connectivity index is 2.63. The molecule has 0 aromatic carbocycles. The summed E-state index contributed by atoms with van der Waals surface area (Å²) in [6, 6.07) is -1.72. The highest BCUT2D eigenvalue weighted by Gasteiger charge is 2.40. The van der Waals surface area contributed by atoms with Crippen LogP contribution in [0.5, 0.6) is 0 Å². The van der Waals surface area contributed by atoms with E-state index in [1.165, 1.54) is 0 Å². The van der Waals surface area contributed by atoms with E-state index in [1.807, 2.05) is 0 Å². The molecule has 0 saturated carbocycles. The highest BCUT2D eigenvalue weighted by Crippen LogP contribution is 2.19. The van der Waals surface area contributed by atoms with E-state index in [1.54, 1.807) is 0 Å². The molecule has 1 saturated heterocycles. The minimum Gasteiger partial charge on any atom is -0.480 e.